The monoisotopic (exact) mass is 801 g/mol. The first kappa shape index (κ1) is 41.9. The number of anilines is 2. The molecule has 1 aliphatic heterocycles. The molecule has 0 aliphatic carbocycles. The molecule has 3 aromatic heterocycles. The Hall–Kier alpha value is -4.30. The third-order valence-corrected chi connectivity index (χ3v) is 10.5. The number of hydrogen-bond acceptors (Lipinski definition) is 8. The molecule has 0 radical (unpaired) electrons. The van der Waals surface area contributed by atoms with Crippen molar-refractivity contribution in [1.29, 1.82) is 0 Å². The summed E-state index contributed by atoms with van der Waals surface area (Å²) >= 11 is 6.19. The van der Waals surface area contributed by atoms with Gasteiger partial charge in [0.2, 0.25) is 0 Å². The number of benzene rings is 1. The lowest BCUT2D eigenvalue weighted by molar-refractivity contribution is -0.154. The fourth-order valence-corrected chi connectivity index (χ4v) is 8.11. The smallest absolute Gasteiger partial charge is 0.306 e. The van der Waals surface area contributed by atoms with Crippen molar-refractivity contribution in [1.82, 2.24) is 19.4 Å². The molecule has 0 unspecified atom stereocenters. The number of carbonyl (C=O) groups excluding carboxylic acids is 2. The molecule has 0 bridgehead atoms. The summed E-state index contributed by atoms with van der Waals surface area (Å²) in [4.78, 5) is 49.8. The second-order valence-electron chi connectivity index (χ2n) is 15.3. The minimum atomic E-state index is -3.66. The highest BCUT2D eigenvalue weighted by Crippen LogP contribution is 2.45. The van der Waals surface area contributed by atoms with Gasteiger partial charge in [-0.25, -0.2) is 22.2 Å². The number of aromatic nitrogens is 3. The van der Waals surface area contributed by atoms with Gasteiger partial charge < -0.3 is 24.1 Å². The zero-order chi connectivity index (χ0) is 40.1. The minimum absolute atomic E-state index is 0.0108. The minimum Gasteiger partial charge on any atom is -0.460 e. The molecule has 11 nitrogen and oxygen atoms in total. The van der Waals surface area contributed by atoms with Gasteiger partial charge in [0.05, 0.1) is 24.2 Å². The second-order valence-corrected chi connectivity index (χ2v) is 17.8. The van der Waals surface area contributed by atoms with E-state index in [2.05, 4.69) is 9.97 Å². The molecule has 298 valence electrons. The zero-order valence-corrected chi connectivity index (χ0v) is 33.7. The zero-order valence-electron chi connectivity index (χ0n) is 32.1. The summed E-state index contributed by atoms with van der Waals surface area (Å²) in [5, 5.41) is 0.573. The van der Waals surface area contributed by atoms with Crippen molar-refractivity contribution in [2.24, 2.45) is 7.05 Å². The van der Waals surface area contributed by atoms with Gasteiger partial charge in [0.15, 0.2) is 21.5 Å². The molecule has 1 N–H and O–H groups in total. The van der Waals surface area contributed by atoms with Crippen molar-refractivity contribution >= 4 is 55.7 Å². The number of unbranched alkanes of at least 4 members (excludes halogenated alkanes) is 7. The molecule has 0 spiro atoms. The maximum atomic E-state index is 15.5. The number of alkyl halides is 1. The summed E-state index contributed by atoms with van der Waals surface area (Å²) in [5.74, 6) is -2.89. The van der Waals surface area contributed by atoms with Crippen LogP contribution in [0.15, 0.2) is 41.6 Å². The van der Waals surface area contributed by atoms with E-state index in [0.29, 0.717) is 52.7 Å². The van der Waals surface area contributed by atoms with Gasteiger partial charge in [-0.3, -0.25) is 14.4 Å². The van der Waals surface area contributed by atoms with Crippen LogP contribution in [0.1, 0.15) is 100 Å². The Morgan fingerprint density at radius 3 is 2.31 bits per heavy atom. The number of amides is 1. The molecular formula is C40H50ClF2N5O6S. The number of fused-ring (bicyclic) bond motifs is 2. The summed E-state index contributed by atoms with van der Waals surface area (Å²) in [7, 11) is -2.06. The number of pyridine rings is 2. The van der Waals surface area contributed by atoms with E-state index in [4.69, 9.17) is 16.3 Å². The van der Waals surface area contributed by atoms with E-state index in [0.717, 1.165) is 63.5 Å². The van der Waals surface area contributed by atoms with Crippen LogP contribution in [0.25, 0.3) is 22.0 Å². The number of esters is 1. The number of aryl methyl sites for hydroxylation is 1. The number of rotatable bonds is 17. The molecule has 5 rings (SSSR count). The van der Waals surface area contributed by atoms with Crippen LogP contribution in [0.3, 0.4) is 0 Å². The first-order valence-corrected chi connectivity index (χ1v) is 21.3. The van der Waals surface area contributed by atoms with Crippen molar-refractivity contribution in [3.63, 3.8) is 0 Å². The fourth-order valence-electron chi connectivity index (χ4n) is 7.10. The van der Waals surface area contributed by atoms with Crippen molar-refractivity contribution < 1.29 is 31.5 Å². The molecule has 0 atom stereocenters. The Bertz CT molecular complexity index is 2220. The normalized spacial score (nSPS) is 12.8. The summed E-state index contributed by atoms with van der Waals surface area (Å²) in [6.45, 7) is 6.20. The Balaban J connectivity index is 1.39. The Kier molecular flexibility index (Phi) is 13.4. The summed E-state index contributed by atoms with van der Waals surface area (Å²) < 4.78 is 62.0. The van der Waals surface area contributed by atoms with Gasteiger partial charge in [-0.05, 0) is 56.9 Å². The molecule has 0 saturated heterocycles. The van der Waals surface area contributed by atoms with Crippen LogP contribution in [0.2, 0.25) is 0 Å². The van der Waals surface area contributed by atoms with Gasteiger partial charge in [-0.2, -0.15) is 0 Å². The maximum absolute atomic E-state index is 15.5. The molecular weight excluding hydrogens is 752 g/mol. The topological polar surface area (TPSA) is 135 Å². The highest BCUT2D eigenvalue weighted by molar-refractivity contribution is 7.89. The predicted molar refractivity (Wildman–Crippen MR) is 212 cm³/mol. The Labute approximate surface area is 325 Å². The Morgan fingerprint density at radius 2 is 1.67 bits per heavy atom. The number of halogens is 3. The van der Waals surface area contributed by atoms with E-state index in [9.17, 15) is 27.2 Å². The van der Waals surface area contributed by atoms with Gasteiger partial charge >= 0.3 is 5.97 Å². The largest absolute Gasteiger partial charge is 0.460 e. The molecule has 4 heterocycles. The quantitative estimate of drug-likeness (QED) is 0.0647. The average molecular weight is 802 g/mol. The third kappa shape index (κ3) is 10.5. The highest BCUT2D eigenvalue weighted by Gasteiger charge is 2.31. The molecule has 1 aromatic carbocycles. The molecule has 15 heteroatoms. The van der Waals surface area contributed by atoms with Crippen LogP contribution in [0.5, 0.6) is 0 Å². The molecule has 4 aromatic rings. The van der Waals surface area contributed by atoms with E-state index in [1.165, 1.54) is 9.47 Å². The van der Waals surface area contributed by atoms with Gasteiger partial charge in [-0.15, -0.1) is 11.6 Å². The van der Waals surface area contributed by atoms with Crippen LogP contribution in [0.4, 0.5) is 20.3 Å². The van der Waals surface area contributed by atoms with Crippen molar-refractivity contribution in [3.8, 4) is 11.1 Å². The number of hydrogen-bond donors (Lipinski definition) is 1. The lowest BCUT2D eigenvalue weighted by Crippen LogP contribution is -2.34. The third-order valence-electron chi connectivity index (χ3n) is 9.53. The standard InChI is InChI=1S/C40H50ClF2N5O6S/c1-40(2,3)54-34(49)14-12-10-8-6-7-9-11-13-16-47(17-15-41)38(50)29-20-33-30(18-26(29)25-55(5,52)53)31-24-46(4)39(51)36-35(31)27(21-44-36)23-48(33)37-32(43)19-28(42)22-45-37/h18-22,24,44H,6-17,23,25H2,1-5H3. The van der Waals surface area contributed by atoms with Crippen molar-refractivity contribution in [2.45, 2.75) is 96.5 Å². The van der Waals surface area contributed by atoms with Crippen molar-refractivity contribution in [2.75, 3.05) is 30.1 Å². The number of sulfone groups is 1. The van der Waals surface area contributed by atoms with Crippen LogP contribution in [-0.2, 0) is 38.7 Å². The van der Waals surface area contributed by atoms with Crippen molar-refractivity contribution in [3.05, 3.63) is 75.5 Å². The fraction of sp³-hybridized carbons (Fsp3) is 0.500. The van der Waals surface area contributed by atoms with E-state index in [-0.39, 0.29) is 47.4 Å². The van der Waals surface area contributed by atoms with Crippen LogP contribution >= 0.6 is 11.6 Å². The van der Waals surface area contributed by atoms with Gasteiger partial charge in [0, 0.05) is 79.2 Å². The highest BCUT2D eigenvalue weighted by atomic mass is 35.5. The first-order valence-electron chi connectivity index (χ1n) is 18.7. The van der Waals surface area contributed by atoms with E-state index in [1.807, 2.05) is 20.8 Å². The summed E-state index contributed by atoms with van der Waals surface area (Å²) in [6, 6.07) is 3.90. The molecule has 1 amide bonds. The first-order chi connectivity index (χ1) is 26.0. The van der Waals surface area contributed by atoms with Gasteiger partial charge in [0.1, 0.15) is 16.9 Å². The van der Waals surface area contributed by atoms with E-state index < -0.39 is 38.7 Å². The average Bonchev–Trinajstić information content (AvgIpc) is 3.46. The van der Waals surface area contributed by atoms with Gasteiger partial charge in [-0.1, -0.05) is 38.5 Å². The number of H-pyrrole nitrogens is 1. The number of carbonyl (C=O) groups is 2. The Morgan fingerprint density at radius 1 is 1.00 bits per heavy atom. The maximum Gasteiger partial charge on any atom is 0.306 e. The van der Waals surface area contributed by atoms with Gasteiger partial charge in [0.25, 0.3) is 11.5 Å². The van der Waals surface area contributed by atoms with Crippen LogP contribution < -0.4 is 10.5 Å². The lowest BCUT2D eigenvalue weighted by atomic mass is 9.95. The molecule has 55 heavy (non-hydrogen) atoms. The van der Waals surface area contributed by atoms with E-state index >= 15 is 4.39 Å². The number of nitrogens with one attached hydrogen (secondary N) is 1. The number of ether oxygens (including phenoxy) is 1. The van der Waals surface area contributed by atoms with Crippen LogP contribution in [0, 0.1) is 11.6 Å². The molecule has 0 fully saturated rings. The second kappa shape index (κ2) is 17.7. The van der Waals surface area contributed by atoms with E-state index in [1.54, 1.807) is 36.5 Å². The predicted octanol–water partition coefficient (Wildman–Crippen LogP) is 7.94. The summed E-state index contributed by atoms with van der Waals surface area (Å²) in [5.41, 5.74) is 1.90. The SMILES string of the molecule is Cn1cc2c3c(c[nH]c3c1=O)CN(c1ncc(F)cc1F)c1cc(C(=O)N(CCCl)CCCCCCCCCCC(=O)OC(C)(C)C)c(CS(C)(=O)=O)cc1-2. The number of nitrogens with zero attached hydrogens (tertiary/aromatic N) is 4. The molecule has 0 saturated carbocycles. The van der Waals surface area contributed by atoms with Crippen LogP contribution in [-0.4, -0.2) is 70.6 Å². The molecule has 1 aliphatic rings. The number of aromatic amines is 1. The summed E-state index contributed by atoms with van der Waals surface area (Å²) in [6.07, 6.45) is 13.0. The lowest BCUT2D eigenvalue weighted by Gasteiger charge is -2.28.